The summed E-state index contributed by atoms with van der Waals surface area (Å²) in [7, 11) is 0. The highest BCUT2D eigenvalue weighted by Gasteiger charge is 2.23. The minimum Gasteiger partial charge on any atom is -0.484 e. The summed E-state index contributed by atoms with van der Waals surface area (Å²) < 4.78 is 18.9. The maximum atomic E-state index is 12.4. The van der Waals surface area contributed by atoms with Gasteiger partial charge in [0.25, 0.3) is 5.88 Å². The molecule has 0 aliphatic carbocycles. The normalized spacial score (nSPS) is 17.0. The predicted octanol–water partition coefficient (Wildman–Crippen LogP) is 2.08. The maximum absolute atomic E-state index is 12.4. The molecule has 3 aromatic rings. The largest absolute Gasteiger partial charge is 0.484 e. The van der Waals surface area contributed by atoms with Crippen LogP contribution >= 0.6 is 0 Å². The van der Waals surface area contributed by atoms with Crippen LogP contribution in [0.15, 0.2) is 53.5 Å². The predicted molar refractivity (Wildman–Crippen MR) is 97.3 cm³/mol. The van der Waals surface area contributed by atoms with Crippen LogP contribution in [0, 0.1) is 0 Å². The Labute approximate surface area is 155 Å². The minimum atomic E-state index is -0.319. The van der Waals surface area contributed by atoms with Crippen molar-refractivity contribution in [2.45, 2.75) is 19.1 Å². The summed E-state index contributed by atoms with van der Waals surface area (Å²) in [5.41, 5.74) is 2.80. The average molecular weight is 363 g/mol. The number of nitrogens with zero attached hydrogens (tertiary/aromatic N) is 3. The fourth-order valence-electron chi connectivity index (χ4n) is 3.43. The van der Waals surface area contributed by atoms with Crippen molar-refractivity contribution in [2.24, 2.45) is 0 Å². The Balaban J connectivity index is 1.37. The van der Waals surface area contributed by atoms with Crippen LogP contribution in [0.3, 0.4) is 0 Å². The number of benzene rings is 1. The molecule has 4 heterocycles. The lowest BCUT2D eigenvalue weighted by Crippen LogP contribution is -2.35. The first-order chi connectivity index (χ1) is 13.3. The highest BCUT2D eigenvalue weighted by Crippen LogP contribution is 2.30. The van der Waals surface area contributed by atoms with Gasteiger partial charge in [-0.25, -0.2) is 9.78 Å². The Morgan fingerprint density at radius 1 is 1.22 bits per heavy atom. The smallest absolute Gasteiger partial charge is 0.351 e. The van der Waals surface area contributed by atoms with E-state index in [-0.39, 0.29) is 18.4 Å². The van der Waals surface area contributed by atoms with E-state index in [1.165, 1.54) is 5.56 Å². The van der Waals surface area contributed by atoms with Crippen LogP contribution in [-0.2, 0) is 13.0 Å². The molecule has 5 rings (SSSR count). The average Bonchev–Trinajstić information content (AvgIpc) is 2.72. The number of aryl methyl sites for hydroxylation is 1. The van der Waals surface area contributed by atoms with Crippen LogP contribution in [0.25, 0.3) is 11.3 Å². The summed E-state index contributed by atoms with van der Waals surface area (Å²) >= 11 is 0. The summed E-state index contributed by atoms with van der Waals surface area (Å²) in [4.78, 5) is 20.6. The van der Waals surface area contributed by atoms with Gasteiger partial charge >= 0.3 is 5.69 Å². The van der Waals surface area contributed by atoms with Crippen LogP contribution in [-0.4, -0.2) is 33.9 Å². The second-order valence-electron chi connectivity index (χ2n) is 6.49. The number of ether oxygens (including phenoxy) is 3. The second-order valence-corrected chi connectivity index (χ2v) is 6.49. The molecule has 136 valence electrons. The summed E-state index contributed by atoms with van der Waals surface area (Å²) in [6, 6.07) is 13.5. The van der Waals surface area contributed by atoms with E-state index >= 15 is 0 Å². The topological polar surface area (TPSA) is 75.5 Å². The summed E-state index contributed by atoms with van der Waals surface area (Å²) in [5, 5.41) is 0. The van der Waals surface area contributed by atoms with E-state index in [2.05, 4.69) is 16.0 Å². The fourth-order valence-corrected chi connectivity index (χ4v) is 3.43. The zero-order valence-corrected chi connectivity index (χ0v) is 14.5. The van der Waals surface area contributed by atoms with Gasteiger partial charge in [0.05, 0.1) is 5.69 Å². The standard InChI is InChI=1S/C20H17N3O4/c24-20-22-18(10-16-15-5-2-1-4-13(15)7-9-23(16)20)26-12-14-11-25-17-6-3-8-21-19(17)27-14/h1-6,8,10,14H,7,9,11-12H2. The van der Waals surface area contributed by atoms with E-state index in [9.17, 15) is 4.79 Å². The van der Waals surface area contributed by atoms with Crippen molar-refractivity contribution in [3.63, 3.8) is 0 Å². The molecule has 7 heteroatoms. The van der Waals surface area contributed by atoms with E-state index in [0.717, 1.165) is 17.7 Å². The molecule has 27 heavy (non-hydrogen) atoms. The van der Waals surface area contributed by atoms with Gasteiger partial charge in [0.1, 0.15) is 13.2 Å². The Morgan fingerprint density at radius 3 is 3.11 bits per heavy atom. The zero-order valence-electron chi connectivity index (χ0n) is 14.5. The number of pyridine rings is 1. The molecule has 0 radical (unpaired) electrons. The SMILES string of the molecule is O=c1nc(OCC2COc3cccnc3O2)cc2n1CCc1ccccc1-2. The zero-order chi connectivity index (χ0) is 18.2. The third kappa shape index (κ3) is 2.91. The third-order valence-electron chi connectivity index (χ3n) is 4.74. The quantitative estimate of drug-likeness (QED) is 0.709. The van der Waals surface area contributed by atoms with Gasteiger partial charge < -0.3 is 14.2 Å². The highest BCUT2D eigenvalue weighted by atomic mass is 16.6. The molecule has 0 saturated carbocycles. The van der Waals surface area contributed by atoms with E-state index in [1.54, 1.807) is 16.8 Å². The van der Waals surface area contributed by atoms with Crippen molar-refractivity contribution in [1.29, 1.82) is 0 Å². The third-order valence-corrected chi connectivity index (χ3v) is 4.74. The molecular weight excluding hydrogens is 346 g/mol. The molecule has 2 aromatic heterocycles. The monoisotopic (exact) mass is 363 g/mol. The molecular formula is C20H17N3O4. The molecule has 1 aromatic carbocycles. The Hall–Kier alpha value is -3.35. The van der Waals surface area contributed by atoms with Gasteiger partial charge in [-0.1, -0.05) is 24.3 Å². The van der Waals surface area contributed by atoms with Crippen molar-refractivity contribution < 1.29 is 14.2 Å². The van der Waals surface area contributed by atoms with E-state index in [0.29, 0.717) is 30.7 Å². The number of rotatable bonds is 3. The van der Waals surface area contributed by atoms with Crippen molar-refractivity contribution in [3.8, 4) is 28.8 Å². The first kappa shape index (κ1) is 15.9. The lowest BCUT2D eigenvalue weighted by atomic mass is 9.98. The number of aromatic nitrogens is 3. The lowest BCUT2D eigenvalue weighted by Gasteiger charge is -2.25. The van der Waals surface area contributed by atoms with Crippen molar-refractivity contribution in [2.75, 3.05) is 13.2 Å². The van der Waals surface area contributed by atoms with Gasteiger partial charge in [-0.3, -0.25) is 4.57 Å². The van der Waals surface area contributed by atoms with Crippen LogP contribution in [0.5, 0.6) is 17.5 Å². The van der Waals surface area contributed by atoms with Crippen LogP contribution in [0.1, 0.15) is 5.56 Å². The van der Waals surface area contributed by atoms with Gasteiger partial charge in [0.15, 0.2) is 11.9 Å². The fraction of sp³-hybridized carbons (Fsp3) is 0.250. The number of hydrogen-bond acceptors (Lipinski definition) is 6. The number of hydrogen-bond donors (Lipinski definition) is 0. The summed E-state index contributed by atoms with van der Waals surface area (Å²) in [5.74, 6) is 1.36. The molecule has 2 aliphatic rings. The minimum absolute atomic E-state index is 0.216. The molecule has 1 atom stereocenters. The molecule has 0 fully saturated rings. The first-order valence-corrected chi connectivity index (χ1v) is 8.85. The summed E-state index contributed by atoms with van der Waals surface area (Å²) in [6.07, 6.45) is 2.15. The molecule has 0 N–H and O–H groups in total. The molecule has 0 saturated heterocycles. The van der Waals surface area contributed by atoms with Crippen molar-refractivity contribution >= 4 is 0 Å². The molecule has 0 amide bonds. The van der Waals surface area contributed by atoms with E-state index < -0.39 is 0 Å². The van der Waals surface area contributed by atoms with Crippen molar-refractivity contribution in [1.82, 2.24) is 14.5 Å². The Bertz CT molecular complexity index is 1060. The van der Waals surface area contributed by atoms with E-state index in [1.807, 2.05) is 30.3 Å². The molecule has 0 spiro atoms. The maximum Gasteiger partial charge on any atom is 0.351 e. The Morgan fingerprint density at radius 2 is 2.15 bits per heavy atom. The van der Waals surface area contributed by atoms with Crippen LogP contribution < -0.4 is 19.9 Å². The first-order valence-electron chi connectivity index (χ1n) is 8.85. The van der Waals surface area contributed by atoms with Gasteiger partial charge in [-0.15, -0.1) is 0 Å². The van der Waals surface area contributed by atoms with Gasteiger partial charge in [-0.2, -0.15) is 4.98 Å². The Kier molecular flexibility index (Phi) is 3.78. The van der Waals surface area contributed by atoms with E-state index in [4.69, 9.17) is 14.2 Å². The van der Waals surface area contributed by atoms with Gasteiger partial charge in [-0.05, 0) is 24.1 Å². The molecule has 7 nitrogen and oxygen atoms in total. The highest BCUT2D eigenvalue weighted by molar-refractivity contribution is 5.66. The van der Waals surface area contributed by atoms with Gasteiger partial charge in [0.2, 0.25) is 5.88 Å². The lowest BCUT2D eigenvalue weighted by molar-refractivity contribution is 0.0473. The van der Waals surface area contributed by atoms with Crippen LogP contribution in [0.4, 0.5) is 0 Å². The van der Waals surface area contributed by atoms with Crippen LogP contribution in [0.2, 0.25) is 0 Å². The number of fused-ring (bicyclic) bond motifs is 4. The summed E-state index contributed by atoms with van der Waals surface area (Å²) in [6.45, 7) is 1.19. The second kappa shape index (κ2) is 6.42. The molecule has 0 bridgehead atoms. The van der Waals surface area contributed by atoms with Gasteiger partial charge in [0, 0.05) is 24.4 Å². The van der Waals surface area contributed by atoms with Crippen molar-refractivity contribution in [3.05, 3.63) is 64.7 Å². The molecule has 1 unspecified atom stereocenters. The molecule has 2 aliphatic heterocycles.